The monoisotopic (exact) mass is 311 g/mol. The Kier molecular flexibility index (Phi) is 4.70. The van der Waals surface area contributed by atoms with Gasteiger partial charge in [-0.3, -0.25) is 9.59 Å². The van der Waals surface area contributed by atoms with Crippen LogP contribution < -0.4 is 9.47 Å². The van der Waals surface area contributed by atoms with Crippen molar-refractivity contribution < 1.29 is 23.8 Å². The van der Waals surface area contributed by atoms with Crippen LogP contribution in [0.25, 0.3) is 0 Å². The number of nitrogens with zero attached hydrogens (tertiary/aromatic N) is 1. The van der Waals surface area contributed by atoms with Crippen LogP contribution in [-0.2, 0) is 20.9 Å². The lowest BCUT2D eigenvalue weighted by Gasteiger charge is -2.20. The van der Waals surface area contributed by atoms with Gasteiger partial charge in [0.1, 0.15) is 6.54 Å². The van der Waals surface area contributed by atoms with E-state index in [1.807, 2.05) is 0 Å². The van der Waals surface area contributed by atoms with Crippen LogP contribution in [0.4, 0.5) is 0 Å². The second kappa shape index (κ2) is 6.49. The zero-order valence-electron chi connectivity index (χ0n) is 11.4. The molecule has 0 radical (unpaired) electrons. The van der Waals surface area contributed by atoms with Crippen LogP contribution in [-0.4, -0.2) is 37.2 Å². The van der Waals surface area contributed by atoms with Gasteiger partial charge in [-0.05, 0) is 23.8 Å². The molecule has 0 aliphatic carbocycles. The highest BCUT2D eigenvalue weighted by Gasteiger charge is 2.21. The number of carbonyl (C=O) groups excluding carboxylic acids is 2. The van der Waals surface area contributed by atoms with Crippen molar-refractivity contribution in [3.05, 3.63) is 35.4 Å². The quantitative estimate of drug-likeness (QED) is 0.612. The second-order valence-electron chi connectivity index (χ2n) is 4.29. The SMILES string of the molecule is C=CC(=O)N(CC(=O)OC)Cc1cc(Cl)c2c(c1)OCO2. The number of benzene rings is 1. The lowest BCUT2D eigenvalue weighted by atomic mass is 10.2. The Morgan fingerprint density at radius 3 is 2.90 bits per heavy atom. The summed E-state index contributed by atoms with van der Waals surface area (Å²) < 4.78 is 15.1. The maximum atomic E-state index is 11.8. The molecule has 0 saturated heterocycles. The standard InChI is InChI=1S/C14H14ClNO5/c1-3-12(17)16(7-13(18)19-2)6-9-4-10(15)14-11(5-9)20-8-21-14/h3-5H,1,6-8H2,2H3. The van der Waals surface area contributed by atoms with Crippen molar-refractivity contribution in [2.75, 3.05) is 20.4 Å². The second-order valence-corrected chi connectivity index (χ2v) is 4.69. The highest BCUT2D eigenvalue weighted by Crippen LogP contribution is 2.40. The Hall–Kier alpha value is -2.21. The highest BCUT2D eigenvalue weighted by atomic mass is 35.5. The number of fused-ring (bicyclic) bond motifs is 1. The molecule has 6 nitrogen and oxygen atoms in total. The smallest absolute Gasteiger partial charge is 0.325 e. The normalized spacial score (nSPS) is 11.9. The number of ether oxygens (including phenoxy) is 3. The highest BCUT2D eigenvalue weighted by molar-refractivity contribution is 6.32. The molecular formula is C14H14ClNO5. The lowest BCUT2D eigenvalue weighted by molar-refractivity contribution is -0.145. The molecule has 1 aromatic rings. The number of amides is 1. The molecule has 0 spiro atoms. The van der Waals surface area contributed by atoms with Gasteiger partial charge in [-0.2, -0.15) is 0 Å². The van der Waals surface area contributed by atoms with Crippen LogP contribution in [0, 0.1) is 0 Å². The average Bonchev–Trinajstić information content (AvgIpc) is 2.94. The van der Waals surface area contributed by atoms with Crippen molar-refractivity contribution in [1.29, 1.82) is 0 Å². The minimum absolute atomic E-state index is 0.107. The number of hydrogen-bond acceptors (Lipinski definition) is 5. The molecule has 21 heavy (non-hydrogen) atoms. The van der Waals surface area contributed by atoms with E-state index < -0.39 is 5.97 Å². The fraction of sp³-hybridized carbons (Fsp3) is 0.286. The number of carbonyl (C=O) groups is 2. The predicted octanol–water partition coefficient (Wildman–Crippen LogP) is 1.76. The van der Waals surface area contributed by atoms with Gasteiger partial charge in [0.2, 0.25) is 12.7 Å². The molecular weight excluding hydrogens is 298 g/mol. The number of halogens is 1. The van der Waals surface area contributed by atoms with E-state index >= 15 is 0 Å². The van der Waals surface area contributed by atoms with E-state index in [2.05, 4.69) is 11.3 Å². The van der Waals surface area contributed by atoms with Gasteiger partial charge in [0.25, 0.3) is 0 Å². The summed E-state index contributed by atoms with van der Waals surface area (Å²) in [5.74, 6) is 0.0998. The first-order valence-corrected chi connectivity index (χ1v) is 6.49. The van der Waals surface area contributed by atoms with E-state index in [1.54, 1.807) is 12.1 Å². The number of hydrogen-bond donors (Lipinski definition) is 0. The summed E-state index contributed by atoms with van der Waals surface area (Å²) in [5.41, 5.74) is 0.711. The molecule has 0 saturated carbocycles. The fourth-order valence-corrected chi connectivity index (χ4v) is 2.18. The number of esters is 1. The molecule has 112 valence electrons. The maximum Gasteiger partial charge on any atom is 0.325 e. The molecule has 0 aromatic heterocycles. The molecule has 2 rings (SSSR count). The Labute approximate surface area is 126 Å². The molecule has 7 heteroatoms. The predicted molar refractivity (Wildman–Crippen MR) is 75.2 cm³/mol. The Morgan fingerprint density at radius 1 is 1.48 bits per heavy atom. The molecule has 1 aliphatic heterocycles. The summed E-state index contributed by atoms with van der Waals surface area (Å²) in [6.07, 6.45) is 1.14. The van der Waals surface area contributed by atoms with E-state index in [1.165, 1.54) is 12.0 Å². The molecule has 0 bridgehead atoms. The van der Waals surface area contributed by atoms with Gasteiger partial charge in [-0.1, -0.05) is 18.2 Å². The van der Waals surface area contributed by atoms with Gasteiger partial charge >= 0.3 is 5.97 Å². The molecule has 1 aromatic carbocycles. The third-order valence-electron chi connectivity index (χ3n) is 2.89. The lowest BCUT2D eigenvalue weighted by Crippen LogP contribution is -2.34. The molecule has 1 aliphatic rings. The van der Waals surface area contributed by atoms with Gasteiger partial charge in [0.15, 0.2) is 11.5 Å². The summed E-state index contributed by atoms with van der Waals surface area (Å²) in [7, 11) is 1.26. The summed E-state index contributed by atoms with van der Waals surface area (Å²) >= 11 is 6.08. The average molecular weight is 312 g/mol. The van der Waals surface area contributed by atoms with Gasteiger partial charge < -0.3 is 19.1 Å². The topological polar surface area (TPSA) is 65.1 Å². The first-order valence-electron chi connectivity index (χ1n) is 6.11. The third kappa shape index (κ3) is 3.46. The first kappa shape index (κ1) is 15.2. The number of methoxy groups -OCH3 is 1. The van der Waals surface area contributed by atoms with Crippen molar-refractivity contribution in [2.24, 2.45) is 0 Å². The summed E-state index contributed by atoms with van der Waals surface area (Å²) in [6, 6.07) is 3.38. The van der Waals surface area contributed by atoms with Crippen LogP contribution in [0.15, 0.2) is 24.8 Å². The largest absolute Gasteiger partial charge is 0.468 e. The van der Waals surface area contributed by atoms with Crippen LogP contribution in [0.3, 0.4) is 0 Å². The molecule has 1 heterocycles. The molecule has 0 atom stereocenters. The fourth-order valence-electron chi connectivity index (χ4n) is 1.89. The van der Waals surface area contributed by atoms with Gasteiger partial charge in [-0.15, -0.1) is 0 Å². The van der Waals surface area contributed by atoms with Gasteiger partial charge in [-0.25, -0.2) is 0 Å². The minimum atomic E-state index is -0.517. The van der Waals surface area contributed by atoms with E-state index in [0.29, 0.717) is 22.1 Å². The van der Waals surface area contributed by atoms with Crippen molar-refractivity contribution in [3.63, 3.8) is 0 Å². The Morgan fingerprint density at radius 2 is 2.24 bits per heavy atom. The van der Waals surface area contributed by atoms with Gasteiger partial charge in [0, 0.05) is 6.54 Å². The van der Waals surface area contributed by atoms with Crippen LogP contribution >= 0.6 is 11.6 Å². The van der Waals surface area contributed by atoms with Crippen LogP contribution in [0.1, 0.15) is 5.56 Å². The summed E-state index contributed by atoms with van der Waals surface area (Å²) in [4.78, 5) is 24.5. The Balaban J connectivity index is 2.20. The van der Waals surface area contributed by atoms with Gasteiger partial charge in [0.05, 0.1) is 12.1 Å². The molecule has 0 unspecified atom stereocenters. The van der Waals surface area contributed by atoms with Crippen LogP contribution in [0.2, 0.25) is 5.02 Å². The third-order valence-corrected chi connectivity index (χ3v) is 3.18. The summed E-state index contributed by atoms with van der Waals surface area (Å²) in [5, 5.41) is 0.393. The van der Waals surface area contributed by atoms with E-state index in [9.17, 15) is 9.59 Å². The molecule has 0 N–H and O–H groups in total. The Bertz CT molecular complexity index is 587. The summed E-state index contributed by atoms with van der Waals surface area (Å²) in [6.45, 7) is 3.53. The van der Waals surface area contributed by atoms with E-state index in [0.717, 1.165) is 6.08 Å². The van der Waals surface area contributed by atoms with Crippen molar-refractivity contribution in [3.8, 4) is 11.5 Å². The number of rotatable bonds is 5. The first-order chi connectivity index (χ1) is 10.0. The van der Waals surface area contributed by atoms with E-state index in [-0.39, 0.29) is 25.8 Å². The minimum Gasteiger partial charge on any atom is -0.468 e. The van der Waals surface area contributed by atoms with Crippen LogP contribution in [0.5, 0.6) is 11.5 Å². The van der Waals surface area contributed by atoms with Crippen molar-refractivity contribution in [1.82, 2.24) is 4.90 Å². The molecule has 0 fully saturated rings. The maximum absolute atomic E-state index is 11.8. The molecule has 1 amide bonds. The van der Waals surface area contributed by atoms with Crippen molar-refractivity contribution in [2.45, 2.75) is 6.54 Å². The van der Waals surface area contributed by atoms with Crippen molar-refractivity contribution >= 4 is 23.5 Å². The van der Waals surface area contributed by atoms with E-state index in [4.69, 9.17) is 21.1 Å². The zero-order chi connectivity index (χ0) is 15.4. The zero-order valence-corrected chi connectivity index (χ0v) is 12.2.